The molecular weight excluding hydrogens is 309 g/mol. The van der Waals surface area contributed by atoms with E-state index in [9.17, 15) is 0 Å². The highest BCUT2D eigenvalue weighted by molar-refractivity contribution is 6.31. The maximum atomic E-state index is 6.43. The molecule has 6 heteroatoms. The van der Waals surface area contributed by atoms with Crippen molar-refractivity contribution in [3.05, 3.63) is 39.5 Å². The molecule has 1 atom stereocenters. The molecule has 0 aromatic carbocycles. The largest absolute Gasteiger partial charge is 0.448 e. The van der Waals surface area contributed by atoms with Crippen molar-refractivity contribution < 1.29 is 4.42 Å². The van der Waals surface area contributed by atoms with Gasteiger partial charge in [-0.25, -0.2) is 0 Å². The van der Waals surface area contributed by atoms with Gasteiger partial charge in [0.2, 0.25) is 0 Å². The summed E-state index contributed by atoms with van der Waals surface area (Å²) in [7, 11) is 1.92. The molecule has 4 nitrogen and oxygen atoms in total. The lowest BCUT2D eigenvalue weighted by Crippen LogP contribution is -2.24. The van der Waals surface area contributed by atoms with Crippen LogP contribution in [0.4, 0.5) is 0 Å². The molecule has 0 amide bonds. The van der Waals surface area contributed by atoms with Gasteiger partial charge in [0.05, 0.1) is 22.5 Å². The van der Waals surface area contributed by atoms with Gasteiger partial charge in [0.25, 0.3) is 0 Å². The van der Waals surface area contributed by atoms with Gasteiger partial charge in [0.15, 0.2) is 5.22 Å². The van der Waals surface area contributed by atoms with E-state index in [2.05, 4.69) is 24.3 Å². The molecule has 116 valence electrons. The molecule has 0 saturated heterocycles. The van der Waals surface area contributed by atoms with Crippen molar-refractivity contribution in [2.45, 2.75) is 39.2 Å². The molecule has 0 spiro atoms. The minimum absolute atomic E-state index is 0.0371. The Morgan fingerprint density at radius 2 is 2.10 bits per heavy atom. The van der Waals surface area contributed by atoms with Crippen LogP contribution in [0.1, 0.15) is 43.5 Å². The number of nitrogens with zero attached hydrogens (tertiary/aromatic N) is 2. The SMILES string of the molecule is CCCNC(Cc1c(Cl)c(CC)nn1C)c1ccc(Cl)o1. The Morgan fingerprint density at radius 3 is 2.62 bits per heavy atom. The normalized spacial score (nSPS) is 12.8. The number of halogens is 2. The fraction of sp³-hybridized carbons (Fsp3) is 0.533. The van der Waals surface area contributed by atoms with Gasteiger partial charge in [-0.3, -0.25) is 4.68 Å². The highest BCUT2D eigenvalue weighted by Crippen LogP contribution is 2.28. The lowest BCUT2D eigenvalue weighted by Gasteiger charge is -2.16. The van der Waals surface area contributed by atoms with E-state index in [1.54, 1.807) is 6.07 Å². The van der Waals surface area contributed by atoms with Crippen LogP contribution in [0, 0.1) is 0 Å². The van der Waals surface area contributed by atoms with E-state index >= 15 is 0 Å². The zero-order valence-electron chi connectivity index (χ0n) is 12.6. The summed E-state index contributed by atoms with van der Waals surface area (Å²) in [6.07, 6.45) is 2.59. The van der Waals surface area contributed by atoms with Crippen molar-refractivity contribution in [1.29, 1.82) is 0 Å². The van der Waals surface area contributed by atoms with E-state index < -0.39 is 0 Å². The van der Waals surface area contributed by atoms with Crippen LogP contribution in [-0.4, -0.2) is 16.3 Å². The summed E-state index contributed by atoms with van der Waals surface area (Å²) >= 11 is 12.3. The van der Waals surface area contributed by atoms with E-state index in [0.29, 0.717) is 11.6 Å². The topological polar surface area (TPSA) is 43.0 Å². The molecule has 2 aromatic heterocycles. The first-order valence-corrected chi connectivity index (χ1v) is 8.01. The third kappa shape index (κ3) is 3.82. The smallest absolute Gasteiger partial charge is 0.193 e. The highest BCUT2D eigenvalue weighted by atomic mass is 35.5. The molecule has 0 radical (unpaired) electrons. The Labute approximate surface area is 135 Å². The van der Waals surface area contributed by atoms with Gasteiger partial charge < -0.3 is 9.73 Å². The standard InChI is InChI=1S/C15H21Cl2N3O/c1-4-8-18-11(13-6-7-14(16)21-13)9-12-15(17)10(5-2)19-20(12)3/h6-7,11,18H,4-5,8-9H2,1-3H3. The molecule has 1 N–H and O–H groups in total. The van der Waals surface area contributed by atoms with Crippen molar-refractivity contribution in [2.75, 3.05) is 6.54 Å². The van der Waals surface area contributed by atoms with Crippen LogP contribution < -0.4 is 5.32 Å². The summed E-state index contributed by atoms with van der Waals surface area (Å²) < 4.78 is 7.41. The summed E-state index contributed by atoms with van der Waals surface area (Å²) in [5.41, 5.74) is 1.94. The van der Waals surface area contributed by atoms with Gasteiger partial charge in [-0.15, -0.1) is 0 Å². The molecule has 0 aliphatic heterocycles. The van der Waals surface area contributed by atoms with Crippen LogP contribution in [-0.2, 0) is 19.9 Å². The van der Waals surface area contributed by atoms with Crippen molar-refractivity contribution in [3.63, 3.8) is 0 Å². The number of nitrogens with one attached hydrogen (secondary N) is 1. The van der Waals surface area contributed by atoms with E-state index in [-0.39, 0.29) is 6.04 Å². The predicted molar refractivity (Wildman–Crippen MR) is 86.1 cm³/mol. The van der Waals surface area contributed by atoms with Crippen LogP contribution >= 0.6 is 23.2 Å². The zero-order valence-corrected chi connectivity index (χ0v) is 14.1. The number of furan rings is 1. The van der Waals surface area contributed by atoms with Gasteiger partial charge >= 0.3 is 0 Å². The molecule has 2 rings (SSSR count). The predicted octanol–water partition coefficient (Wildman–Crippen LogP) is 4.17. The van der Waals surface area contributed by atoms with Crippen LogP contribution in [0.5, 0.6) is 0 Å². The number of aryl methyl sites for hydroxylation is 2. The maximum Gasteiger partial charge on any atom is 0.193 e. The second-order valence-corrected chi connectivity index (χ2v) is 5.79. The fourth-order valence-corrected chi connectivity index (χ4v) is 2.87. The molecule has 2 heterocycles. The van der Waals surface area contributed by atoms with E-state index in [1.807, 2.05) is 17.8 Å². The van der Waals surface area contributed by atoms with Crippen LogP contribution in [0.3, 0.4) is 0 Å². The monoisotopic (exact) mass is 329 g/mol. The van der Waals surface area contributed by atoms with E-state index in [0.717, 1.165) is 41.6 Å². The van der Waals surface area contributed by atoms with Crippen LogP contribution in [0.2, 0.25) is 10.2 Å². The lowest BCUT2D eigenvalue weighted by molar-refractivity contribution is 0.405. The second kappa shape index (κ2) is 7.34. The summed E-state index contributed by atoms with van der Waals surface area (Å²) in [5.74, 6) is 0.823. The fourth-order valence-electron chi connectivity index (χ4n) is 2.34. The Morgan fingerprint density at radius 1 is 1.33 bits per heavy atom. The van der Waals surface area contributed by atoms with Crippen molar-refractivity contribution in [1.82, 2.24) is 15.1 Å². The molecular formula is C15H21Cl2N3O. The Kier molecular flexibility index (Phi) is 5.73. The average Bonchev–Trinajstić information content (AvgIpc) is 3.00. The Bertz CT molecular complexity index is 592. The third-order valence-corrected chi connectivity index (χ3v) is 4.12. The van der Waals surface area contributed by atoms with Gasteiger partial charge in [-0.1, -0.05) is 25.4 Å². The minimum atomic E-state index is 0.0371. The number of rotatable bonds is 7. The average molecular weight is 330 g/mol. The Balaban J connectivity index is 2.24. The lowest BCUT2D eigenvalue weighted by atomic mass is 10.1. The van der Waals surface area contributed by atoms with E-state index in [1.165, 1.54) is 0 Å². The van der Waals surface area contributed by atoms with Gasteiger partial charge in [-0.2, -0.15) is 5.10 Å². The second-order valence-electron chi connectivity index (χ2n) is 5.04. The number of hydrogen-bond acceptors (Lipinski definition) is 3. The van der Waals surface area contributed by atoms with E-state index in [4.69, 9.17) is 27.6 Å². The molecule has 0 bridgehead atoms. The van der Waals surface area contributed by atoms with Crippen molar-refractivity contribution >= 4 is 23.2 Å². The quantitative estimate of drug-likeness (QED) is 0.829. The third-order valence-electron chi connectivity index (χ3n) is 3.48. The van der Waals surface area contributed by atoms with Crippen molar-refractivity contribution in [3.8, 4) is 0 Å². The number of aromatic nitrogens is 2. The molecule has 2 aromatic rings. The highest BCUT2D eigenvalue weighted by Gasteiger charge is 2.21. The van der Waals surface area contributed by atoms with Gasteiger partial charge in [-0.05, 0) is 43.1 Å². The molecule has 1 unspecified atom stereocenters. The first-order chi connectivity index (χ1) is 10.1. The van der Waals surface area contributed by atoms with Gasteiger partial charge in [0.1, 0.15) is 5.76 Å². The number of hydrogen-bond donors (Lipinski definition) is 1. The first-order valence-electron chi connectivity index (χ1n) is 7.25. The van der Waals surface area contributed by atoms with Crippen molar-refractivity contribution in [2.24, 2.45) is 7.05 Å². The first kappa shape index (κ1) is 16.4. The maximum absolute atomic E-state index is 6.43. The zero-order chi connectivity index (χ0) is 15.4. The molecule has 0 fully saturated rings. The summed E-state index contributed by atoms with van der Waals surface area (Å²) in [6, 6.07) is 3.70. The summed E-state index contributed by atoms with van der Waals surface area (Å²) in [6.45, 7) is 5.08. The molecule has 0 saturated carbocycles. The minimum Gasteiger partial charge on any atom is -0.448 e. The summed E-state index contributed by atoms with van der Waals surface area (Å²) in [5, 5.41) is 9.09. The van der Waals surface area contributed by atoms with Crippen LogP contribution in [0.25, 0.3) is 0 Å². The Hall–Kier alpha value is -0.970. The molecule has 0 aliphatic rings. The van der Waals surface area contributed by atoms with Gasteiger partial charge in [0, 0.05) is 13.5 Å². The molecule has 0 aliphatic carbocycles. The van der Waals surface area contributed by atoms with Crippen LogP contribution in [0.15, 0.2) is 16.5 Å². The summed E-state index contributed by atoms with van der Waals surface area (Å²) in [4.78, 5) is 0. The molecule has 21 heavy (non-hydrogen) atoms.